The van der Waals surface area contributed by atoms with Gasteiger partial charge in [0.05, 0.1) is 11.6 Å². The molecule has 0 bridgehead atoms. The normalized spacial score (nSPS) is 21.2. The first-order valence-electron chi connectivity index (χ1n) is 13.9. The van der Waals surface area contributed by atoms with Gasteiger partial charge in [0.1, 0.15) is 6.29 Å². The first-order chi connectivity index (χ1) is 15.9. The summed E-state index contributed by atoms with van der Waals surface area (Å²) in [5, 5.41) is 0. The summed E-state index contributed by atoms with van der Waals surface area (Å²) in [5.74, 6) is 0.675. The standard InChI is InChI=1S/C30H58N2O3/c1-13-14-23(27(2,3)4)15-16-28(5,6)25-21-24(22-33)32(26(25)34)29(7,8)18-20-35-30(9,10)17-19-31(11)12/h22-25H,13-21H2,1-12H3. The van der Waals surface area contributed by atoms with E-state index in [1.54, 1.807) is 0 Å². The van der Waals surface area contributed by atoms with Gasteiger partial charge in [-0.2, -0.15) is 0 Å². The van der Waals surface area contributed by atoms with Crippen molar-refractivity contribution in [2.75, 3.05) is 27.2 Å². The molecule has 35 heavy (non-hydrogen) atoms. The third-order valence-corrected chi connectivity index (χ3v) is 8.46. The number of ether oxygens (including phenoxy) is 1. The molecule has 5 nitrogen and oxygen atoms in total. The zero-order valence-electron chi connectivity index (χ0n) is 25.3. The highest BCUT2D eigenvalue weighted by Gasteiger charge is 2.51. The number of hydrogen-bond donors (Lipinski definition) is 0. The summed E-state index contributed by atoms with van der Waals surface area (Å²) in [6, 6.07) is -0.349. The van der Waals surface area contributed by atoms with Crippen LogP contribution in [0.3, 0.4) is 0 Å². The lowest BCUT2D eigenvalue weighted by Gasteiger charge is -2.40. The van der Waals surface area contributed by atoms with Gasteiger partial charge in [-0.1, -0.05) is 54.4 Å². The lowest BCUT2D eigenvalue weighted by atomic mass is 9.68. The second kappa shape index (κ2) is 12.5. The van der Waals surface area contributed by atoms with Crippen molar-refractivity contribution < 1.29 is 14.3 Å². The Morgan fingerprint density at radius 1 is 1.00 bits per heavy atom. The van der Waals surface area contributed by atoms with E-state index < -0.39 is 5.54 Å². The fourth-order valence-electron chi connectivity index (χ4n) is 5.64. The van der Waals surface area contributed by atoms with Crippen LogP contribution in [-0.4, -0.2) is 66.4 Å². The van der Waals surface area contributed by atoms with Crippen LogP contribution >= 0.6 is 0 Å². The fraction of sp³-hybridized carbons (Fsp3) is 0.933. The molecular weight excluding hydrogens is 436 g/mol. The quantitative estimate of drug-likeness (QED) is 0.241. The molecule has 0 aliphatic carbocycles. The summed E-state index contributed by atoms with van der Waals surface area (Å²) in [7, 11) is 4.14. The molecule has 0 N–H and O–H groups in total. The third-order valence-electron chi connectivity index (χ3n) is 8.46. The van der Waals surface area contributed by atoms with E-state index in [0.717, 1.165) is 32.1 Å². The number of nitrogens with zero attached hydrogens (tertiary/aromatic N) is 2. The van der Waals surface area contributed by atoms with Crippen molar-refractivity contribution in [3.63, 3.8) is 0 Å². The van der Waals surface area contributed by atoms with Crippen LogP contribution in [0.2, 0.25) is 0 Å². The number of carbonyl (C=O) groups excluding carboxylic acids is 2. The second-order valence-electron chi connectivity index (χ2n) is 14.3. The lowest BCUT2D eigenvalue weighted by molar-refractivity contribution is -0.142. The molecule has 1 aliphatic rings. The molecule has 1 saturated heterocycles. The first kappa shape index (κ1) is 32.1. The maximum Gasteiger partial charge on any atom is 0.227 e. The Balaban J connectivity index is 2.89. The van der Waals surface area contributed by atoms with E-state index in [1.165, 1.54) is 12.8 Å². The minimum absolute atomic E-state index is 0.114. The Morgan fingerprint density at radius 2 is 1.60 bits per heavy atom. The molecular formula is C30H58N2O3. The first-order valence-corrected chi connectivity index (χ1v) is 13.9. The molecule has 1 fully saturated rings. The Hall–Kier alpha value is -0.940. The van der Waals surface area contributed by atoms with Crippen LogP contribution in [0, 0.1) is 22.7 Å². The van der Waals surface area contributed by atoms with Gasteiger partial charge in [0.15, 0.2) is 0 Å². The van der Waals surface area contributed by atoms with Crippen molar-refractivity contribution >= 4 is 12.2 Å². The second-order valence-corrected chi connectivity index (χ2v) is 14.3. The van der Waals surface area contributed by atoms with E-state index in [2.05, 4.69) is 88.2 Å². The van der Waals surface area contributed by atoms with Gasteiger partial charge >= 0.3 is 0 Å². The van der Waals surface area contributed by atoms with E-state index in [-0.39, 0.29) is 34.3 Å². The molecule has 1 amide bonds. The van der Waals surface area contributed by atoms with Crippen molar-refractivity contribution in [1.29, 1.82) is 0 Å². The molecule has 0 spiro atoms. The van der Waals surface area contributed by atoms with Crippen LogP contribution in [0.15, 0.2) is 0 Å². The SMILES string of the molecule is CCCC(CCC(C)(C)C1CC(C=O)N(C(C)(C)CCOC(C)(C)CCN(C)C)C1=O)C(C)(C)C. The minimum atomic E-state index is -0.429. The summed E-state index contributed by atoms with van der Waals surface area (Å²) in [6.07, 6.45) is 7.82. The van der Waals surface area contributed by atoms with Gasteiger partial charge in [-0.3, -0.25) is 4.79 Å². The number of aldehydes is 1. The van der Waals surface area contributed by atoms with Crippen molar-refractivity contribution in [2.45, 2.75) is 131 Å². The van der Waals surface area contributed by atoms with Gasteiger partial charge < -0.3 is 19.3 Å². The maximum absolute atomic E-state index is 13.8. The highest BCUT2D eigenvalue weighted by Crippen LogP contribution is 2.46. The summed E-state index contributed by atoms with van der Waals surface area (Å²) in [5.41, 5.74) is -0.510. The van der Waals surface area contributed by atoms with Crippen LogP contribution in [0.25, 0.3) is 0 Å². The van der Waals surface area contributed by atoms with Gasteiger partial charge in [0.2, 0.25) is 5.91 Å². The zero-order chi connectivity index (χ0) is 27.2. The van der Waals surface area contributed by atoms with Gasteiger partial charge in [0, 0.05) is 24.6 Å². The Kier molecular flexibility index (Phi) is 11.5. The Morgan fingerprint density at radius 3 is 2.09 bits per heavy atom. The highest BCUT2D eigenvalue weighted by molar-refractivity contribution is 5.87. The van der Waals surface area contributed by atoms with E-state index in [9.17, 15) is 9.59 Å². The van der Waals surface area contributed by atoms with Gasteiger partial charge in [-0.25, -0.2) is 0 Å². The van der Waals surface area contributed by atoms with E-state index in [1.807, 2.05) is 4.90 Å². The topological polar surface area (TPSA) is 49.9 Å². The van der Waals surface area contributed by atoms with Crippen LogP contribution in [-0.2, 0) is 14.3 Å². The molecule has 0 radical (unpaired) electrons. The summed E-state index contributed by atoms with van der Waals surface area (Å²) in [6.45, 7) is 23.7. The van der Waals surface area contributed by atoms with Crippen molar-refractivity contribution in [3.05, 3.63) is 0 Å². The largest absolute Gasteiger partial charge is 0.375 e. The molecule has 0 aromatic carbocycles. The highest BCUT2D eigenvalue weighted by atomic mass is 16.5. The van der Waals surface area contributed by atoms with Gasteiger partial charge in [0.25, 0.3) is 0 Å². The molecule has 1 rings (SSSR count). The maximum atomic E-state index is 13.8. The molecule has 3 atom stereocenters. The van der Waals surface area contributed by atoms with Crippen LogP contribution in [0.4, 0.5) is 0 Å². The number of hydrogen-bond acceptors (Lipinski definition) is 4. The van der Waals surface area contributed by atoms with Gasteiger partial charge in [-0.05, 0) is 90.6 Å². The number of rotatable bonds is 15. The summed E-state index contributed by atoms with van der Waals surface area (Å²) in [4.78, 5) is 30.0. The van der Waals surface area contributed by atoms with E-state index in [0.29, 0.717) is 25.4 Å². The molecule has 0 aromatic rings. The van der Waals surface area contributed by atoms with Crippen LogP contribution < -0.4 is 0 Å². The summed E-state index contributed by atoms with van der Waals surface area (Å²) >= 11 is 0. The molecule has 5 heteroatoms. The molecule has 0 saturated carbocycles. The lowest BCUT2D eigenvalue weighted by Crippen LogP contribution is -2.51. The minimum Gasteiger partial charge on any atom is -0.375 e. The number of carbonyl (C=O) groups is 2. The average molecular weight is 495 g/mol. The predicted octanol–water partition coefficient (Wildman–Crippen LogP) is 6.59. The van der Waals surface area contributed by atoms with Crippen molar-refractivity contribution in [1.82, 2.24) is 9.80 Å². The predicted molar refractivity (Wildman–Crippen MR) is 148 cm³/mol. The fourth-order valence-corrected chi connectivity index (χ4v) is 5.64. The Bertz CT molecular complexity index is 676. The van der Waals surface area contributed by atoms with Crippen molar-refractivity contribution in [2.24, 2.45) is 22.7 Å². The molecule has 3 unspecified atom stereocenters. The van der Waals surface area contributed by atoms with E-state index in [4.69, 9.17) is 4.74 Å². The summed E-state index contributed by atoms with van der Waals surface area (Å²) < 4.78 is 6.24. The Labute approximate surface area is 217 Å². The molecule has 0 aromatic heterocycles. The zero-order valence-corrected chi connectivity index (χ0v) is 25.3. The monoisotopic (exact) mass is 494 g/mol. The number of likely N-dealkylation sites (tertiary alicyclic amines) is 1. The van der Waals surface area contributed by atoms with Crippen LogP contribution in [0.1, 0.15) is 114 Å². The van der Waals surface area contributed by atoms with Gasteiger partial charge in [-0.15, -0.1) is 0 Å². The number of amides is 1. The van der Waals surface area contributed by atoms with Crippen molar-refractivity contribution in [3.8, 4) is 0 Å². The van der Waals surface area contributed by atoms with Crippen LogP contribution in [0.5, 0.6) is 0 Å². The average Bonchev–Trinajstić information content (AvgIpc) is 3.06. The molecule has 1 heterocycles. The molecule has 206 valence electrons. The van der Waals surface area contributed by atoms with E-state index >= 15 is 0 Å². The smallest absolute Gasteiger partial charge is 0.227 e. The molecule has 1 aliphatic heterocycles. The third kappa shape index (κ3) is 9.46.